The largest absolute Gasteiger partial charge is 0.481 e. The predicted molar refractivity (Wildman–Crippen MR) is 81.1 cm³/mol. The Labute approximate surface area is 125 Å². The second-order valence-corrected chi connectivity index (χ2v) is 5.58. The van der Waals surface area contributed by atoms with Crippen molar-refractivity contribution in [2.24, 2.45) is 5.73 Å². The summed E-state index contributed by atoms with van der Waals surface area (Å²) in [6, 6.07) is 8.04. The highest BCUT2D eigenvalue weighted by Crippen LogP contribution is 2.22. The first-order valence-electron chi connectivity index (χ1n) is 7.39. The Bertz CT molecular complexity index is 478. The molecule has 1 heterocycles. The Hall–Kier alpha value is -1.43. The first-order valence-corrected chi connectivity index (χ1v) is 7.39. The molecule has 1 aliphatic rings. The minimum absolute atomic E-state index is 0.0675. The van der Waals surface area contributed by atoms with Crippen LogP contribution in [0.3, 0.4) is 0 Å². The Morgan fingerprint density at radius 3 is 2.76 bits per heavy atom. The highest BCUT2D eigenvalue weighted by Gasteiger charge is 2.27. The van der Waals surface area contributed by atoms with E-state index in [0.717, 1.165) is 37.1 Å². The molecule has 0 bridgehead atoms. The van der Waals surface area contributed by atoms with Gasteiger partial charge in [0.25, 0.3) is 0 Å². The number of hydrogen-bond acceptors (Lipinski definition) is 4. The van der Waals surface area contributed by atoms with Gasteiger partial charge < -0.3 is 15.6 Å². The highest BCUT2D eigenvalue weighted by atomic mass is 16.5. The van der Waals surface area contributed by atoms with Crippen molar-refractivity contribution in [2.45, 2.75) is 38.0 Å². The van der Waals surface area contributed by atoms with E-state index >= 15 is 0 Å². The van der Waals surface area contributed by atoms with E-state index in [0.29, 0.717) is 12.6 Å². The van der Waals surface area contributed by atoms with E-state index in [4.69, 9.17) is 15.6 Å². The summed E-state index contributed by atoms with van der Waals surface area (Å²) in [5.74, 6) is -0.795. The van der Waals surface area contributed by atoms with Crippen LogP contribution < -0.4 is 5.73 Å². The molecule has 0 spiro atoms. The summed E-state index contributed by atoms with van der Waals surface area (Å²) in [7, 11) is 1.75. The fourth-order valence-corrected chi connectivity index (χ4v) is 3.00. The molecule has 2 rings (SSSR count). The van der Waals surface area contributed by atoms with Gasteiger partial charge in [-0.3, -0.25) is 9.69 Å². The number of aliphatic carboxylic acids is 1. The number of methoxy groups -OCH3 is 1. The number of nitrogens with two attached hydrogens (primary N) is 1. The number of benzene rings is 1. The van der Waals surface area contributed by atoms with Crippen LogP contribution in [0.2, 0.25) is 0 Å². The molecule has 1 fully saturated rings. The zero-order valence-corrected chi connectivity index (χ0v) is 12.5. The first-order chi connectivity index (χ1) is 10.1. The lowest BCUT2D eigenvalue weighted by Gasteiger charge is -2.38. The van der Waals surface area contributed by atoms with Crippen molar-refractivity contribution in [3.63, 3.8) is 0 Å². The molecular formula is C16H24N2O3. The van der Waals surface area contributed by atoms with Gasteiger partial charge in [0.1, 0.15) is 0 Å². The maximum atomic E-state index is 11.0. The van der Waals surface area contributed by atoms with Crippen molar-refractivity contribution >= 4 is 5.97 Å². The summed E-state index contributed by atoms with van der Waals surface area (Å²) in [4.78, 5) is 13.3. The highest BCUT2D eigenvalue weighted by molar-refractivity contribution is 5.70. The molecule has 0 amide bonds. The van der Waals surface area contributed by atoms with Gasteiger partial charge >= 0.3 is 5.97 Å². The average molecular weight is 292 g/mol. The minimum atomic E-state index is -0.795. The zero-order valence-electron chi connectivity index (χ0n) is 12.5. The number of ether oxygens (including phenoxy) is 1. The number of carboxylic acid groups (broad SMARTS) is 1. The summed E-state index contributed by atoms with van der Waals surface area (Å²) in [6.07, 6.45) is 2.28. The van der Waals surface area contributed by atoms with Crippen LogP contribution in [-0.4, -0.2) is 48.3 Å². The summed E-state index contributed by atoms with van der Waals surface area (Å²) in [5.41, 5.74) is 7.85. The number of nitrogens with zero attached hydrogens (tertiary/aromatic N) is 1. The molecule has 1 saturated heterocycles. The molecule has 116 valence electrons. The standard InChI is InChI=1S/C16H24N2O3/c1-21-15-6-7-18(14(9-15)10-17)11-13-5-3-2-4-12(13)8-16(19)20/h2-5,14-15H,6-11,17H2,1H3,(H,19,20). The van der Waals surface area contributed by atoms with Crippen molar-refractivity contribution in [1.82, 2.24) is 4.90 Å². The average Bonchev–Trinajstić information content (AvgIpc) is 2.49. The molecule has 1 aromatic rings. The molecule has 1 aromatic carbocycles. The molecule has 0 saturated carbocycles. The van der Waals surface area contributed by atoms with Crippen LogP contribution in [0, 0.1) is 0 Å². The lowest BCUT2D eigenvalue weighted by molar-refractivity contribution is -0.136. The van der Waals surface area contributed by atoms with Crippen molar-refractivity contribution in [3.8, 4) is 0 Å². The number of rotatable bonds is 6. The monoisotopic (exact) mass is 292 g/mol. The molecule has 2 unspecified atom stereocenters. The second-order valence-electron chi connectivity index (χ2n) is 5.58. The molecular weight excluding hydrogens is 268 g/mol. The summed E-state index contributed by atoms with van der Waals surface area (Å²) in [5, 5.41) is 9.01. The molecule has 1 aliphatic heterocycles. The van der Waals surface area contributed by atoms with Gasteiger partial charge in [-0.15, -0.1) is 0 Å². The smallest absolute Gasteiger partial charge is 0.307 e. The Balaban J connectivity index is 2.08. The quantitative estimate of drug-likeness (QED) is 0.825. The molecule has 3 N–H and O–H groups in total. The van der Waals surface area contributed by atoms with E-state index in [9.17, 15) is 4.79 Å². The van der Waals surface area contributed by atoms with Crippen LogP contribution in [0.1, 0.15) is 24.0 Å². The number of hydrogen-bond donors (Lipinski definition) is 2. The third-order valence-corrected chi connectivity index (χ3v) is 4.23. The SMILES string of the molecule is COC1CCN(Cc2ccccc2CC(=O)O)C(CN)C1. The molecule has 2 atom stereocenters. The molecule has 5 nitrogen and oxygen atoms in total. The van der Waals surface area contributed by atoms with Crippen LogP contribution in [-0.2, 0) is 22.5 Å². The number of carbonyl (C=O) groups is 1. The number of piperidine rings is 1. The zero-order chi connectivity index (χ0) is 15.2. The Morgan fingerprint density at radius 2 is 2.14 bits per heavy atom. The van der Waals surface area contributed by atoms with E-state index in [1.54, 1.807) is 7.11 Å². The molecule has 0 aromatic heterocycles. The second kappa shape index (κ2) is 7.54. The van der Waals surface area contributed by atoms with Crippen molar-refractivity contribution in [3.05, 3.63) is 35.4 Å². The van der Waals surface area contributed by atoms with Crippen molar-refractivity contribution < 1.29 is 14.6 Å². The first kappa shape index (κ1) is 15.9. The van der Waals surface area contributed by atoms with Gasteiger partial charge in [0.2, 0.25) is 0 Å². The van der Waals surface area contributed by atoms with Gasteiger partial charge in [-0.2, -0.15) is 0 Å². The van der Waals surface area contributed by atoms with Gasteiger partial charge in [0.05, 0.1) is 12.5 Å². The maximum absolute atomic E-state index is 11.0. The topological polar surface area (TPSA) is 75.8 Å². The number of likely N-dealkylation sites (tertiary alicyclic amines) is 1. The predicted octanol–water partition coefficient (Wildman–Crippen LogP) is 1.25. The molecule has 5 heteroatoms. The Kier molecular flexibility index (Phi) is 5.73. The summed E-state index contributed by atoms with van der Waals surface area (Å²) >= 11 is 0. The van der Waals surface area contributed by atoms with Gasteiger partial charge in [0.15, 0.2) is 0 Å². The lowest BCUT2D eigenvalue weighted by Crippen LogP contribution is -2.48. The lowest BCUT2D eigenvalue weighted by atomic mass is 9.97. The fourth-order valence-electron chi connectivity index (χ4n) is 3.00. The minimum Gasteiger partial charge on any atom is -0.481 e. The fraction of sp³-hybridized carbons (Fsp3) is 0.562. The van der Waals surface area contributed by atoms with E-state index in [1.807, 2.05) is 24.3 Å². The van der Waals surface area contributed by atoms with E-state index in [-0.39, 0.29) is 12.5 Å². The van der Waals surface area contributed by atoms with Crippen LogP contribution in [0.25, 0.3) is 0 Å². The van der Waals surface area contributed by atoms with Crippen LogP contribution in [0.15, 0.2) is 24.3 Å². The third kappa shape index (κ3) is 4.27. The summed E-state index contributed by atoms with van der Waals surface area (Å²) in [6.45, 7) is 2.28. The van der Waals surface area contributed by atoms with E-state index in [1.165, 1.54) is 0 Å². The molecule has 0 radical (unpaired) electrons. The maximum Gasteiger partial charge on any atom is 0.307 e. The number of carboxylic acids is 1. The van der Waals surface area contributed by atoms with Gasteiger partial charge in [-0.1, -0.05) is 24.3 Å². The molecule has 21 heavy (non-hydrogen) atoms. The Morgan fingerprint density at radius 1 is 1.43 bits per heavy atom. The van der Waals surface area contributed by atoms with E-state index < -0.39 is 5.97 Å². The van der Waals surface area contributed by atoms with Crippen LogP contribution in [0.4, 0.5) is 0 Å². The van der Waals surface area contributed by atoms with Gasteiger partial charge in [-0.05, 0) is 24.0 Å². The van der Waals surface area contributed by atoms with Gasteiger partial charge in [0, 0.05) is 32.8 Å². The van der Waals surface area contributed by atoms with Crippen molar-refractivity contribution in [1.29, 1.82) is 0 Å². The van der Waals surface area contributed by atoms with Crippen LogP contribution >= 0.6 is 0 Å². The molecule has 0 aliphatic carbocycles. The van der Waals surface area contributed by atoms with Crippen LogP contribution in [0.5, 0.6) is 0 Å². The van der Waals surface area contributed by atoms with E-state index in [2.05, 4.69) is 4.90 Å². The summed E-state index contributed by atoms with van der Waals surface area (Å²) < 4.78 is 5.44. The normalized spacial score (nSPS) is 23.1. The van der Waals surface area contributed by atoms with Gasteiger partial charge in [-0.25, -0.2) is 0 Å². The van der Waals surface area contributed by atoms with Crippen molar-refractivity contribution in [2.75, 3.05) is 20.2 Å². The third-order valence-electron chi connectivity index (χ3n) is 4.23.